The molecule has 0 spiro atoms. The fraction of sp³-hybridized carbons (Fsp3) is 0.500. The predicted octanol–water partition coefficient (Wildman–Crippen LogP) is -0.0722. The van der Waals surface area contributed by atoms with Crippen molar-refractivity contribution in [2.24, 2.45) is 0 Å². The Balaban J connectivity index is 3.91. The van der Waals surface area contributed by atoms with Crippen LogP contribution < -0.4 is 5.32 Å². The molecule has 0 rings (SSSR count). The molecule has 5 nitrogen and oxygen atoms in total. The van der Waals surface area contributed by atoms with Crippen LogP contribution in [0.5, 0.6) is 0 Å². The van der Waals surface area contributed by atoms with Gasteiger partial charge in [-0.25, -0.2) is 0 Å². The average Bonchev–Trinajstić information content (AvgIpc) is 1.82. The zero-order chi connectivity index (χ0) is 7.28. The average molecular weight is 132 g/mol. The Bertz CT molecular complexity index is 126. The summed E-state index contributed by atoms with van der Waals surface area (Å²) >= 11 is 0. The molecule has 0 aliphatic rings. The van der Waals surface area contributed by atoms with Gasteiger partial charge in [0, 0.05) is 7.05 Å². The minimum Gasteiger partial charge on any atom is -0.478 e. The summed E-state index contributed by atoms with van der Waals surface area (Å²) in [6.45, 7) is 0. The Morgan fingerprint density at radius 3 is 2.56 bits per heavy atom. The van der Waals surface area contributed by atoms with Crippen molar-refractivity contribution in [2.45, 2.75) is 0 Å². The summed E-state index contributed by atoms with van der Waals surface area (Å²) in [6, 6.07) is 0. The lowest BCUT2D eigenvalue weighted by molar-refractivity contribution is -0.405. The molecule has 0 amide bonds. The van der Waals surface area contributed by atoms with Crippen LogP contribution in [-0.2, 0) is 4.74 Å². The lowest BCUT2D eigenvalue weighted by Gasteiger charge is -1.98. The van der Waals surface area contributed by atoms with E-state index in [1.54, 1.807) is 7.05 Å². The topological polar surface area (TPSA) is 64.4 Å². The van der Waals surface area contributed by atoms with Crippen LogP contribution in [0.15, 0.2) is 12.1 Å². The first-order valence-electron chi connectivity index (χ1n) is 2.27. The van der Waals surface area contributed by atoms with Crippen LogP contribution in [0, 0.1) is 10.1 Å². The zero-order valence-electron chi connectivity index (χ0n) is 5.25. The van der Waals surface area contributed by atoms with Gasteiger partial charge >= 0.3 is 0 Å². The van der Waals surface area contributed by atoms with Crippen LogP contribution in [0.2, 0.25) is 0 Å². The van der Waals surface area contributed by atoms with Crippen LogP contribution in [0.3, 0.4) is 0 Å². The first-order valence-corrected chi connectivity index (χ1v) is 2.27. The summed E-state index contributed by atoms with van der Waals surface area (Å²) in [4.78, 5) is 9.15. The molecule has 0 bridgehead atoms. The van der Waals surface area contributed by atoms with Crippen LogP contribution in [0.25, 0.3) is 0 Å². The highest BCUT2D eigenvalue weighted by molar-refractivity contribution is 4.80. The maximum Gasteiger partial charge on any atom is 0.293 e. The molecule has 0 radical (unpaired) electrons. The first-order chi connectivity index (χ1) is 4.20. The van der Waals surface area contributed by atoms with E-state index >= 15 is 0 Å². The SMILES string of the molecule is CNC(=C[N+](=O)[O-])OC. The van der Waals surface area contributed by atoms with Crippen LogP contribution >= 0.6 is 0 Å². The molecular weight excluding hydrogens is 124 g/mol. The van der Waals surface area contributed by atoms with E-state index in [2.05, 4.69) is 10.1 Å². The van der Waals surface area contributed by atoms with Crippen molar-refractivity contribution in [2.75, 3.05) is 14.2 Å². The number of hydrogen-bond donors (Lipinski definition) is 1. The molecule has 0 heterocycles. The van der Waals surface area contributed by atoms with E-state index in [0.29, 0.717) is 0 Å². The third kappa shape index (κ3) is 3.33. The first kappa shape index (κ1) is 7.74. The van der Waals surface area contributed by atoms with Gasteiger partial charge in [0.15, 0.2) is 0 Å². The van der Waals surface area contributed by atoms with E-state index in [1.165, 1.54) is 7.11 Å². The second kappa shape index (κ2) is 3.71. The van der Waals surface area contributed by atoms with E-state index in [-0.39, 0.29) is 5.88 Å². The fourth-order valence-electron chi connectivity index (χ4n) is 0.315. The number of methoxy groups -OCH3 is 1. The summed E-state index contributed by atoms with van der Waals surface area (Å²) in [5.74, 6) is 0.139. The van der Waals surface area contributed by atoms with E-state index in [9.17, 15) is 10.1 Å². The molecule has 0 fully saturated rings. The standard InChI is InChI=1S/C4H8N2O3/c1-5-4(9-2)3-6(7)8/h3,5H,1-2H3. The van der Waals surface area contributed by atoms with Crippen LogP contribution in [0.4, 0.5) is 0 Å². The third-order valence-electron chi connectivity index (χ3n) is 0.689. The summed E-state index contributed by atoms with van der Waals surface area (Å²) in [5.41, 5.74) is 0. The molecule has 0 saturated heterocycles. The molecule has 0 unspecified atom stereocenters. The van der Waals surface area contributed by atoms with Crippen molar-refractivity contribution in [3.05, 3.63) is 22.2 Å². The molecular formula is C4H8N2O3. The summed E-state index contributed by atoms with van der Waals surface area (Å²) < 4.78 is 4.52. The monoisotopic (exact) mass is 132 g/mol. The highest BCUT2D eigenvalue weighted by Gasteiger charge is 1.95. The van der Waals surface area contributed by atoms with Gasteiger partial charge in [-0.1, -0.05) is 0 Å². The molecule has 0 saturated carbocycles. The van der Waals surface area contributed by atoms with Gasteiger partial charge in [0.05, 0.1) is 12.0 Å². The summed E-state index contributed by atoms with van der Waals surface area (Å²) in [5, 5.41) is 12.2. The molecule has 5 heteroatoms. The molecule has 0 aromatic carbocycles. The van der Waals surface area contributed by atoms with Crippen LogP contribution in [0.1, 0.15) is 0 Å². The quantitative estimate of drug-likeness (QED) is 0.331. The van der Waals surface area contributed by atoms with E-state index < -0.39 is 4.92 Å². The van der Waals surface area contributed by atoms with Gasteiger partial charge in [-0.3, -0.25) is 10.1 Å². The number of rotatable bonds is 3. The lowest BCUT2D eigenvalue weighted by atomic mass is 10.8. The maximum atomic E-state index is 9.74. The number of nitrogens with zero attached hydrogens (tertiary/aromatic N) is 1. The molecule has 0 aromatic heterocycles. The highest BCUT2D eigenvalue weighted by Crippen LogP contribution is 1.86. The minimum absolute atomic E-state index is 0.139. The maximum absolute atomic E-state index is 9.74. The van der Waals surface area contributed by atoms with Crippen LogP contribution in [-0.4, -0.2) is 19.1 Å². The number of nitro groups is 1. The zero-order valence-corrected chi connectivity index (χ0v) is 5.25. The van der Waals surface area contributed by atoms with Crippen molar-refractivity contribution >= 4 is 0 Å². The highest BCUT2D eigenvalue weighted by atomic mass is 16.6. The second-order valence-electron chi connectivity index (χ2n) is 1.23. The molecule has 1 N–H and O–H groups in total. The van der Waals surface area contributed by atoms with Crippen molar-refractivity contribution in [3.63, 3.8) is 0 Å². The molecule has 9 heavy (non-hydrogen) atoms. The third-order valence-corrected chi connectivity index (χ3v) is 0.689. The van der Waals surface area contributed by atoms with Gasteiger partial charge < -0.3 is 10.1 Å². The molecule has 52 valence electrons. The predicted molar refractivity (Wildman–Crippen MR) is 31.1 cm³/mol. The van der Waals surface area contributed by atoms with Gasteiger partial charge in [0.2, 0.25) is 0 Å². The Morgan fingerprint density at radius 1 is 1.89 bits per heavy atom. The summed E-state index contributed by atoms with van der Waals surface area (Å²) in [6.07, 6.45) is 0.750. The van der Waals surface area contributed by atoms with Gasteiger partial charge in [0.1, 0.15) is 0 Å². The second-order valence-corrected chi connectivity index (χ2v) is 1.23. The van der Waals surface area contributed by atoms with Crippen molar-refractivity contribution in [3.8, 4) is 0 Å². The molecule has 0 aromatic rings. The number of hydrogen-bond acceptors (Lipinski definition) is 4. The van der Waals surface area contributed by atoms with Gasteiger partial charge in [-0.2, -0.15) is 0 Å². The molecule has 0 aliphatic carbocycles. The van der Waals surface area contributed by atoms with Crippen molar-refractivity contribution < 1.29 is 9.66 Å². The number of nitrogens with one attached hydrogen (secondary N) is 1. The van der Waals surface area contributed by atoms with Gasteiger partial charge in [0.25, 0.3) is 12.1 Å². The Labute approximate surface area is 52.5 Å². The Morgan fingerprint density at radius 2 is 2.44 bits per heavy atom. The number of ether oxygens (including phenoxy) is 1. The van der Waals surface area contributed by atoms with E-state index in [0.717, 1.165) is 6.20 Å². The van der Waals surface area contributed by atoms with Crippen molar-refractivity contribution in [1.29, 1.82) is 0 Å². The van der Waals surface area contributed by atoms with Crippen molar-refractivity contribution in [1.82, 2.24) is 5.32 Å². The smallest absolute Gasteiger partial charge is 0.293 e. The van der Waals surface area contributed by atoms with Gasteiger partial charge in [-0.15, -0.1) is 0 Å². The molecule has 0 aliphatic heterocycles. The minimum atomic E-state index is -0.588. The Kier molecular flexibility index (Phi) is 3.19. The fourth-order valence-corrected chi connectivity index (χ4v) is 0.315. The van der Waals surface area contributed by atoms with E-state index in [1.807, 2.05) is 0 Å². The van der Waals surface area contributed by atoms with E-state index in [4.69, 9.17) is 0 Å². The summed E-state index contributed by atoms with van der Waals surface area (Å²) in [7, 11) is 2.89. The largest absolute Gasteiger partial charge is 0.478 e. The van der Waals surface area contributed by atoms with Gasteiger partial charge in [-0.05, 0) is 0 Å². The lowest BCUT2D eigenvalue weighted by Crippen LogP contribution is -2.09. The molecule has 0 atom stereocenters. The normalized spacial score (nSPS) is 10.7. The Hall–Kier alpha value is -1.26.